The Balaban J connectivity index is 1.80. The predicted octanol–water partition coefficient (Wildman–Crippen LogP) is 4.50. The Kier molecular flexibility index (Phi) is 5.55. The molecule has 0 bridgehead atoms. The minimum Gasteiger partial charge on any atom is -0.487 e. The second-order valence-corrected chi connectivity index (χ2v) is 5.81. The van der Waals surface area contributed by atoms with Crippen LogP contribution < -0.4 is 9.47 Å². The lowest BCUT2D eigenvalue weighted by Gasteiger charge is -2.11. The Morgan fingerprint density at radius 3 is 2.46 bits per heavy atom. The fraction of sp³-hybridized carbons (Fsp3) is 0.0455. The molecule has 0 aromatic heterocycles. The second kappa shape index (κ2) is 8.39. The van der Waals surface area contributed by atoms with Crippen LogP contribution in [0.15, 0.2) is 66.7 Å². The number of carbonyl (C=O) groups is 1. The zero-order valence-corrected chi connectivity index (χ0v) is 14.6. The summed E-state index contributed by atoms with van der Waals surface area (Å²) in [6, 6.07) is 22.0. The van der Waals surface area contributed by atoms with Crippen molar-refractivity contribution < 1.29 is 19.4 Å². The summed E-state index contributed by atoms with van der Waals surface area (Å²) >= 11 is 0. The third-order valence-corrected chi connectivity index (χ3v) is 3.84. The molecule has 0 saturated carbocycles. The van der Waals surface area contributed by atoms with E-state index in [1.54, 1.807) is 48.5 Å². The summed E-state index contributed by atoms with van der Waals surface area (Å²) in [4.78, 5) is 11.1. The summed E-state index contributed by atoms with van der Waals surface area (Å²) in [6.07, 6.45) is 0. The molecule has 0 fully saturated rings. The predicted molar refractivity (Wildman–Crippen MR) is 100 cm³/mol. The highest BCUT2D eigenvalue weighted by Crippen LogP contribution is 2.29. The number of carboxylic acid groups (broad SMARTS) is 1. The Morgan fingerprint density at radius 1 is 0.929 bits per heavy atom. The molecule has 0 radical (unpaired) electrons. The van der Waals surface area contributed by atoms with Crippen LogP contribution in [0.1, 0.15) is 27.0 Å². The average Bonchev–Trinajstić information content (AvgIpc) is 2.72. The van der Waals surface area contributed by atoms with Gasteiger partial charge < -0.3 is 14.6 Å². The van der Waals surface area contributed by atoms with E-state index in [2.05, 4.69) is 12.1 Å². The van der Waals surface area contributed by atoms with Gasteiger partial charge in [0.05, 0.1) is 22.8 Å². The summed E-state index contributed by atoms with van der Waals surface area (Å²) in [6.45, 7) is 0.183. The maximum Gasteiger partial charge on any atom is 0.335 e. The molecule has 3 aromatic carbocycles. The van der Waals surface area contributed by atoms with Crippen molar-refractivity contribution in [2.75, 3.05) is 0 Å². The second-order valence-electron chi connectivity index (χ2n) is 5.81. The van der Waals surface area contributed by atoms with E-state index in [1.807, 2.05) is 6.07 Å². The molecule has 0 unspecified atom stereocenters. The molecule has 6 heteroatoms. The summed E-state index contributed by atoms with van der Waals surface area (Å²) in [5, 5.41) is 27.3. The van der Waals surface area contributed by atoms with Crippen LogP contribution in [0, 0.1) is 22.7 Å². The molecule has 1 N–H and O–H groups in total. The molecule has 28 heavy (non-hydrogen) atoms. The largest absolute Gasteiger partial charge is 0.487 e. The van der Waals surface area contributed by atoms with Crippen molar-refractivity contribution in [3.05, 3.63) is 89.0 Å². The number of aromatic carboxylic acids is 1. The van der Waals surface area contributed by atoms with Gasteiger partial charge in [0.1, 0.15) is 29.9 Å². The molecule has 0 aliphatic carbocycles. The van der Waals surface area contributed by atoms with E-state index < -0.39 is 5.97 Å². The van der Waals surface area contributed by atoms with Crippen molar-refractivity contribution in [1.29, 1.82) is 10.5 Å². The monoisotopic (exact) mass is 370 g/mol. The molecule has 136 valence electrons. The van der Waals surface area contributed by atoms with E-state index in [0.29, 0.717) is 28.4 Å². The van der Waals surface area contributed by atoms with Crippen molar-refractivity contribution in [3.8, 4) is 29.4 Å². The summed E-state index contributed by atoms with van der Waals surface area (Å²) in [5.74, 6) is 0.0465. The van der Waals surface area contributed by atoms with E-state index in [0.717, 1.165) is 5.56 Å². The van der Waals surface area contributed by atoms with Gasteiger partial charge in [-0.05, 0) is 48.0 Å². The zero-order valence-electron chi connectivity index (χ0n) is 14.6. The summed E-state index contributed by atoms with van der Waals surface area (Å²) in [7, 11) is 0. The lowest BCUT2D eigenvalue weighted by atomic mass is 10.1. The van der Waals surface area contributed by atoms with Gasteiger partial charge in [-0.15, -0.1) is 0 Å². The van der Waals surface area contributed by atoms with Crippen LogP contribution in [0.3, 0.4) is 0 Å². The van der Waals surface area contributed by atoms with Gasteiger partial charge in [-0.1, -0.05) is 18.2 Å². The number of hydrogen-bond donors (Lipinski definition) is 1. The molecule has 3 rings (SSSR count). The first kappa shape index (κ1) is 18.5. The van der Waals surface area contributed by atoms with Crippen molar-refractivity contribution in [1.82, 2.24) is 0 Å². The molecule has 3 aromatic rings. The Labute approximate surface area is 161 Å². The van der Waals surface area contributed by atoms with Gasteiger partial charge in [-0.3, -0.25) is 0 Å². The van der Waals surface area contributed by atoms with E-state index in [-0.39, 0.29) is 12.2 Å². The zero-order chi connectivity index (χ0) is 19.9. The van der Waals surface area contributed by atoms with Crippen LogP contribution in [0.4, 0.5) is 0 Å². The lowest BCUT2D eigenvalue weighted by Crippen LogP contribution is -1.99. The minimum absolute atomic E-state index is 0.111. The van der Waals surface area contributed by atoms with Gasteiger partial charge in [-0.25, -0.2) is 4.79 Å². The first-order chi connectivity index (χ1) is 13.6. The van der Waals surface area contributed by atoms with E-state index in [4.69, 9.17) is 19.8 Å². The molecular weight excluding hydrogens is 356 g/mol. The van der Waals surface area contributed by atoms with Crippen LogP contribution in [-0.2, 0) is 6.61 Å². The van der Waals surface area contributed by atoms with Crippen molar-refractivity contribution in [2.24, 2.45) is 0 Å². The van der Waals surface area contributed by atoms with Crippen LogP contribution in [0.2, 0.25) is 0 Å². The van der Waals surface area contributed by atoms with Crippen molar-refractivity contribution in [2.45, 2.75) is 6.61 Å². The fourth-order valence-corrected chi connectivity index (χ4v) is 2.50. The number of nitrogens with zero attached hydrogens (tertiary/aromatic N) is 2. The van der Waals surface area contributed by atoms with Crippen LogP contribution in [-0.4, -0.2) is 11.1 Å². The summed E-state index contributed by atoms with van der Waals surface area (Å²) < 4.78 is 11.4. The molecule has 0 atom stereocenters. The van der Waals surface area contributed by atoms with E-state index in [9.17, 15) is 10.1 Å². The van der Waals surface area contributed by atoms with E-state index >= 15 is 0 Å². The molecule has 6 nitrogen and oxygen atoms in total. The Morgan fingerprint density at radius 2 is 1.71 bits per heavy atom. The first-order valence-electron chi connectivity index (χ1n) is 8.26. The Hall–Kier alpha value is -4.29. The normalized spacial score (nSPS) is 9.79. The molecular formula is C22H14N2O4. The fourth-order valence-electron chi connectivity index (χ4n) is 2.50. The number of benzene rings is 3. The van der Waals surface area contributed by atoms with Gasteiger partial charge in [-0.2, -0.15) is 10.5 Å². The summed E-state index contributed by atoms with van der Waals surface area (Å²) in [5.41, 5.74) is 1.77. The number of nitriles is 2. The molecule has 0 aliphatic heterocycles. The van der Waals surface area contributed by atoms with E-state index in [1.165, 1.54) is 12.1 Å². The molecule has 0 aliphatic rings. The van der Waals surface area contributed by atoms with Gasteiger partial charge in [0.15, 0.2) is 0 Å². The SMILES string of the molecule is N#Cc1cccc(COc2cc(Oc3cccc(C(=O)O)c3)ccc2C#N)c1. The smallest absolute Gasteiger partial charge is 0.335 e. The number of rotatable bonds is 6. The van der Waals surface area contributed by atoms with Crippen molar-refractivity contribution >= 4 is 5.97 Å². The highest BCUT2D eigenvalue weighted by molar-refractivity contribution is 5.88. The molecule has 0 spiro atoms. The maximum atomic E-state index is 11.1. The third kappa shape index (κ3) is 4.46. The molecule has 0 amide bonds. The Bertz CT molecular complexity index is 1110. The van der Waals surface area contributed by atoms with Crippen LogP contribution in [0.5, 0.6) is 17.2 Å². The van der Waals surface area contributed by atoms with Crippen molar-refractivity contribution in [3.63, 3.8) is 0 Å². The standard InChI is InChI=1S/C22H14N2O4/c23-12-15-3-1-4-16(9-15)14-27-21-11-20(8-7-18(21)13-24)28-19-6-2-5-17(10-19)22(25)26/h1-11H,14H2,(H,25,26). The number of ether oxygens (including phenoxy) is 2. The highest BCUT2D eigenvalue weighted by Gasteiger charge is 2.09. The topological polar surface area (TPSA) is 103 Å². The van der Waals surface area contributed by atoms with Gasteiger partial charge in [0.2, 0.25) is 0 Å². The minimum atomic E-state index is -1.05. The number of hydrogen-bond acceptors (Lipinski definition) is 5. The molecule has 0 heterocycles. The maximum absolute atomic E-state index is 11.1. The average molecular weight is 370 g/mol. The van der Waals surface area contributed by atoms with Gasteiger partial charge in [0, 0.05) is 6.07 Å². The lowest BCUT2D eigenvalue weighted by molar-refractivity contribution is 0.0696. The van der Waals surface area contributed by atoms with Crippen LogP contribution >= 0.6 is 0 Å². The molecule has 0 saturated heterocycles. The quantitative estimate of drug-likeness (QED) is 0.685. The van der Waals surface area contributed by atoms with Gasteiger partial charge >= 0.3 is 5.97 Å². The van der Waals surface area contributed by atoms with Gasteiger partial charge in [0.25, 0.3) is 0 Å². The van der Waals surface area contributed by atoms with Crippen LogP contribution in [0.25, 0.3) is 0 Å². The third-order valence-electron chi connectivity index (χ3n) is 3.84. The highest BCUT2D eigenvalue weighted by atomic mass is 16.5. The number of carboxylic acids is 1. The first-order valence-corrected chi connectivity index (χ1v) is 8.26.